The highest BCUT2D eigenvalue weighted by Gasteiger charge is 2.29. The second-order valence-electron chi connectivity index (χ2n) is 9.19. The lowest BCUT2D eigenvalue weighted by Crippen LogP contribution is -2.38. The number of hydrogen-bond acceptors (Lipinski definition) is 7. The summed E-state index contributed by atoms with van der Waals surface area (Å²) in [7, 11) is -0.425. The number of carbonyl (C=O) groups is 2. The van der Waals surface area contributed by atoms with Crippen molar-refractivity contribution in [3.63, 3.8) is 0 Å². The molecule has 1 fully saturated rings. The summed E-state index contributed by atoms with van der Waals surface area (Å²) >= 11 is 1.28. The van der Waals surface area contributed by atoms with Crippen LogP contribution in [0, 0.1) is 0 Å². The number of benzene rings is 2. The fraction of sp³-hybridized carbons (Fsp3) is 0.444. The molecule has 1 heterocycles. The van der Waals surface area contributed by atoms with Gasteiger partial charge in [-0.3, -0.25) is 4.79 Å². The number of carbonyl (C=O) groups excluding carboxylic acids is 2. The number of rotatable bonds is 9. The SMILES string of the molecule is CCOC(=O)c1ccc2c(c1)sc(=NC(=O)c1ccc(S(=O)(=O)N(C)C3CCCCC3)cc1)n2CCOC. The van der Waals surface area contributed by atoms with Crippen molar-refractivity contribution in [3.8, 4) is 0 Å². The molecule has 0 N–H and O–H groups in total. The van der Waals surface area contributed by atoms with Crippen molar-refractivity contribution in [2.45, 2.75) is 56.5 Å². The van der Waals surface area contributed by atoms with Gasteiger partial charge in [-0.05, 0) is 62.2 Å². The van der Waals surface area contributed by atoms with Gasteiger partial charge in [0.25, 0.3) is 5.91 Å². The van der Waals surface area contributed by atoms with Crippen LogP contribution in [0.2, 0.25) is 0 Å². The van der Waals surface area contributed by atoms with Gasteiger partial charge in [0.05, 0.1) is 33.9 Å². The second-order valence-corrected chi connectivity index (χ2v) is 12.2. The molecule has 2 aromatic carbocycles. The first kappa shape index (κ1) is 28.2. The minimum absolute atomic E-state index is 0.00455. The molecule has 1 saturated carbocycles. The number of thiazole rings is 1. The van der Waals surface area contributed by atoms with E-state index in [0.717, 1.165) is 42.3 Å². The number of nitrogens with zero attached hydrogens (tertiary/aromatic N) is 3. The maximum Gasteiger partial charge on any atom is 0.338 e. The number of fused-ring (bicyclic) bond motifs is 1. The highest BCUT2D eigenvalue weighted by molar-refractivity contribution is 7.89. The molecule has 0 unspecified atom stereocenters. The summed E-state index contributed by atoms with van der Waals surface area (Å²) in [5.74, 6) is -0.900. The molecule has 4 rings (SSSR count). The lowest BCUT2D eigenvalue weighted by atomic mass is 9.96. The van der Waals surface area contributed by atoms with Gasteiger partial charge >= 0.3 is 5.97 Å². The Balaban J connectivity index is 1.63. The Bertz CT molecular complexity index is 1470. The zero-order chi connectivity index (χ0) is 27.3. The van der Waals surface area contributed by atoms with Gasteiger partial charge in [-0.25, -0.2) is 13.2 Å². The molecule has 38 heavy (non-hydrogen) atoms. The summed E-state index contributed by atoms with van der Waals surface area (Å²) in [6.07, 6.45) is 4.94. The molecule has 11 heteroatoms. The van der Waals surface area contributed by atoms with E-state index in [2.05, 4.69) is 4.99 Å². The van der Waals surface area contributed by atoms with Crippen LogP contribution in [-0.4, -0.2) is 62.6 Å². The van der Waals surface area contributed by atoms with E-state index in [9.17, 15) is 18.0 Å². The maximum atomic E-state index is 13.1. The van der Waals surface area contributed by atoms with Gasteiger partial charge in [0.1, 0.15) is 0 Å². The number of aromatic nitrogens is 1. The van der Waals surface area contributed by atoms with Crippen LogP contribution in [0.1, 0.15) is 59.7 Å². The van der Waals surface area contributed by atoms with E-state index in [-0.39, 0.29) is 23.1 Å². The van der Waals surface area contributed by atoms with E-state index in [1.54, 1.807) is 39.3 Å². The predicted octanol–water partition coefficient (Wildman–Crippen LogP) is 4.22. The molecule has 1 amide bonds. The van der Waals surface area contributed by atoms with Crippen LogP contribution < -0.4 is 4.80 Å². The van der Waals surface area contributed by atoms with Gasteiger partial charge in [-0.2, -0.15) is 9.30 Å². The van der Waals surface area contributed by atoms with E-state index in [1.807, 2.05) is 4.57 Å². The first-order chi connectivity index (χ1) is 18.3. The third kappa shape index (κ3) is 6.06. The first-order valence-corrected chi connectivity index (χ1v) is 15.0. The molecule has 9 nitrogen and oxygen atoms in total. The molecule has 0 saturated heterocycles. The van der Waals surface area contributed by atoms with Crippen LogP contribution in [0.5, 0.6) is 0 Å². The van der Waals surface area contributed by atoms with E-state index in [4.69, 9.17) is 9.47 Å². The first-order valence-electron chi connectivity index (χ1n) is 12.7. The summed E-state index contributed by atoms with van der Waals surface area (Å²) in [4.78, 5) is 30.2. The van der Waals surface area contributed by atoms with Gasteiger partial charge < -0.3 is 14.0 Å². The monoisotopic (exact) mass is 559 g/mol. The van der Waals surface area contributed by atoms with Gasteiger partial charge in [0.15, 0.2) is 4.80 Å². The molecule has 204 valence electrons. The van der Waals surface area contributed by atoms with E-state index >= 15 is 0 Å². The van der Waals surface area contributed by atoms with Crippen molar-refractivity contribution in [3.05, 3.63) is 58.4 Å². The van der Waals surface area contributed by atoms with Crippen molar-refractivity contribution in [2.75, 3.05) is 27.4 Å². The predicted molar refractivity (Wildman–Crippen MR) is 146 cm³/mol. The van der Waals surface area contributed by atoms with Crippen LogP contribution in [0.25, 0.3) is 10.2 Å². The Kier molecular flexibility index (Phi) is 9.14. The van der Waals surface area contributed by atoms with Gasteiger partial charge in [-0.15, -0.1) is 0 Å². The average molecular weight is 560 g/mol. The number of amides is 1. The Hall–Kier alpha value is -2.86. The van der Waals surface area contributed by atoms with E-state index in [1.165, 1.54) is 39.9 Å². The van der Waals surface area contributed by atoms with Crippen LogP contribution in [-0.2, 0) is 26.0 Å². The van der Waals surface area contributed by atoms with Crippen molar-refractivity contribution in [1.29, 1.82) is 0 Å². The summed E-state index contributed by atoms with van der Waals surface area (Å²) in [6, 6.07) is 11.2. The lowest BCUT2D eigenvalue weighted by molar-refractivity contribution is 0.0526. The Morgan fingerprint density at radius 1 is 1.08 bits per heavy atom. The van der Waals surface area contributed by atoms with Crippen molar-refractivity contribution < 1.29 is 27.5 Å². The fourth-order valence-corrected chi connectivity index (χ4v) is 7.14. The summed E-state index contributed by atoms with van der Waals surface area (Å²) in [6.45, 7) is 2.90. The number of sulfonamides is 1. The molecule has 0 radical (unpaired) electrons. The quantitative estimate of drug-likeness (QED) is 0.364. The average Bonchev–Trinajstić information content (AvgIpc) is 3.27. The number of hydrogen-bond donors (Lipinski definition) is 0. The van der Waals surface area contributed by atoms with Crippen molar-refractivity contribution in [2.24, 2.45) is 4.99 Å². The molecule has 0 atom stereocenters. The third-order valence-electron chi connectivity index (χ3n) is 6.78. The largest absolute Gasteiger partial charge is 0.462 e. The summed E-state index contributed by atoms with van der Waals surface area (Å²) in [5.41, 5.74) is 1.53. The lowest BCUT2D eigenvalue weighted by Gasteiger charge is -2.30. The zero-order valence-electron chi connectivity index (χ0n) is 21.9. The van der Waals surface area contributed by atoms with Gasteiger partial charge in [-0.1, -0.05) is 30.6 Å². The Morgan fingerprint density at radius 2 is 1.76 bits per heavy atom. The second kappa shape index (κ2) is 12.3. The molecule has 1 aliphatic rings. The van der Waals surface area contributed by atoms with E-state index < -0.39 is 21.9 Å². The van der Waals surface area contributed by atoms with Crippen molar-refractivity contribution in [1.82, 2.24) is 8.87 Å². The van der Waals surface area contributed by atoms with E-state index in [0.29, 0.717) is 23.5 Å². The highest BCUT2D eigenvalue weighted by Crippen LogP contribution is 2.27. The smallest absolute Gasteiger partial charge is 0.338 e. The number of ether oxygens (including phenoxy) is 2. The normalized spacial score (nSPS) is 15.3. The standard InChI is InChI=1S/C27H33N3O6S2/c1-4-36-26(32)20-12-15-23-24(18-20)37-27(30(23)16-17-35-3)28-25(31)19-10-13-22(14-11-19)38(33,34)29(2)21-8-6-5-7-9-21/h10-15,18,21H,4-9,16-17H2,1-3H3. The van der Waals surface area contributed by atoms with Crippen LogP contribution >= 0.6 is 11.3 Å². The number of esters is 1. The molecule has 1 aromatic heterocycles. The third-order valence-corrected chi connectivity index (χ3v) is 9.74. The maximum absolute atomic E-state index is 13.1. The van der Waals surface area contributed by atoms with Gasteiger partial charge in [0, 0.05) is 32.3 Å². The van der Waals surface area contributed by atoms with Crippen LogP contribution in [0.15, 0.2) is 52.4 Å². The molecule has 0 bridgehead atoms. The summed E-state index contributed by atoms with van der Waals surface area (Å²) in [5, 5.41) is 0. The molecule has 0 aliphatic heterocycles. The fourth-order valence-electron chi connectivity index (χ4n) is 4.63. The topological polar surface area (TPSA) is 107 Å². The van der Waals surface area contributed by atoms with Gasteiger partial charge in [0.2, 0.25) is 10.0 Å². The van der Waals surface area contributed by atoms with Crippen LogP contribution in [0.3, 0.4) is 0 Å². The molecular formula is C27H33N3O6S2. The Morgan fingerprint density at radius 3 is 2.42 bits per heavy atom. The molecular weight excluding hydrogens is 526 g/mol. The molecule has 1 aliphatic carbocycles. The Labute approximate surface area is 226 Å². The van der Waals surface area contributed by atoms with Crippen LogP contribution in [0.4, 0.5) is 0 Å². The molecule has 0 spiro atoms. The summed E-state index contributed by atoms with van der Waals surface area (Å²) < 4.78 is 40.7. The zero-order valence-corrected chi connectivity index (χ0v) is 23.5. The minimum atomic E-state index is -3.65. The van der Waals surface area contributed by atoms with Crippen molar-refractivity contribution >= 4 is 43.5 Å². The molecule has 3 aromatic rings. The minimum Gasteiger partial charge on any atom is -0.462 e. The highest BCUT2D eigenvalue weighted by atomic mass is 32.2. The number of methoxy groups -OCH3 is 1.